The predicted octanol–water partition coefficient (Wildman–Crippen LogP) is 5.78. The maximum atomic E-state index is 13.7. The van der Waals surface area contributed by atoms with Crippen LogP contribution >= 0.6 is 0 Å². The molecule has 1 aliphatic heterocycles. The summed E-state index contributed by atoms with van der Waals surface area (Å²) in [6.07, 6.45) is 3.72. The molecule has 0 radical (unpaired) electrons. The van der Waals surface area contributed by atoms with Gasteiger partial charge in [0.15, 0.2) is 0 Å². The molecule has 2 aromatic heterocycles. The number of carbonyl (C=O) groups is 1. The Balaban J connectivity index is 1.56. The van der Waals surface area contributed by atoms with Gasteiger partial charge in [-0.2, -0.15) is 5.10 Å². The first-order valence-electron chi connectivity index (χ1n) is 12.7. The zero-order valence-electron chi connectivity index (χ0n) is 21.5. The minimum Gasteiger partial charge on any atom is -0.321 e. The zero-order valence-corrected chi connectivity index (χ0v) is 21.5. The Kier molecular flexibility index (Phi) is 5.83. The van der Waals surface area contributed by atoms with E-state index in [1.165, 1.54) is 0 Å². The van der Waals surface area contributed by atoms with Gasteiger partial charge in [0, 0.05) is 41.2 Å². The van der Waals surface area contributed by atoms with Crippen LogP contribution in [0, 0.1) is 12.8 Å². The maximum absolute atomic E-state index is 13.7. The first-order chi connectivity index (χ1) is 18.4. The van der Waals surface area contributed by atoms with Crippen LogP contribution in [-0.4, -0.2) is 31.6 Å². The molecule has 188 valence electrons. The van der Waals surface area contributed by atoms with Crippen molar-refractivity contribution in [3.63, 3.8) is 0 Å². The van der Waals surface area contributed by atoms with Crippen LogP contribution < -0.4 is 5.56 Å². The number of aryl methyl sites for hydroxylation is 1. The molecule has 0 fully saturated rings. The molecule has 7 heteroatoms. The van der Waals surface area contributed by atoms with Crippen molar-refractivity contribution in [1.82, 2.24) is 20.0 Å². The van der Waals surface area contributed by atoms with Gasteiger partial charge in [-0.05, 0) is 42.3 Å². The van der Waals surface area contributed by atoms with Crippen LogP contribution in [0.4, 0.5) is 0 Å². The van der Waals surface area contributed by atoms with Crippen LogP contribution in [0.3, 0.4) is 0 Å². The largest absolute Gasteiger partial charge is 0.321 e. The third-order valence-corrected chi connectivity index (χ3v) is 7.03. The van der Waals surface area contributed by atoms with Gasteiger partial charge in [0.1, 0.15) is 0 Å². The molecule has 1 atom stereocenters. The minimum atomic E-state index is -0.359. The molecule has 5 aromatic rings. The highest BCUT2D eigenvalue weighted by Crippen LogP contribution is 2.38. The summed E-state index contributed by atoms with van der Waals surface area (Å²) in [4.78, 5) is 38.9. The molecule has 0 unspecified atom stereocenters. The van der Waals surface area contributed by atoms with Crippen LogP contribution in [0.5, 0.6) is 0 Å². The van der Waals surface area contributed by atoms with Crippen molar-refractivity contribution in [2.24, 2.45) is 11.0 Å². The van der Waals surface area contributed by atoms with Crippen LogP contribution in [-0.2, 0) is 4.79 Å². The fourth-order valence-corrected chi connectivity index (χ4v) is 5.16. The molecule has 0 saturated heterocycles. The highest BCUT2D eigenvalue weighted by atomic mass is 16.2. The van der Waals surface area contributed by atoms with Gasteiger partial charge in [0.25, 0.3) is 5.56 Å². The Hall–Kier alpha value is -4.65. The molecule has 7 nitrogen and oxygen atoms in total. The van der Waals surface area contributed by atoms with Crippen molar-refractivity contribution in [2.45, 2.75) is 33.2 Å². The molecule has 1 aliphatic rings. The molecule has 0 spiro atoms. The molecule has 3 heterocycles. The Morgan fingerprint density at radius 1 is 0.947 bits per heavy atom. The van der Waals surface area contributed by atoms with E-state index >= 15 is 0 Å². The highest BCUT2D eigenvalue weighted by molar-refractivity contribution is 6.13. The van der Waals surface area contributed by atoms with Gasteiger partial charge in [-0.1, -0.05) is 61.9 Å². The minimum absolute atomic E-state index is 0.0985. The monoisotopic (exact) mass is 501 g/mol. The molecule has 0 saturated carbocycles. The number of rotatable bonds is 4. The topological polar surface area (TPSA) is 91.3 Å². The Labute approximate surface area is 219 Å². The Morgan fingerprint density at radius 3 is 2.47 bits per heavy atom. The summed E-state index contributed by atoms with van der Waals surface area (Å²) in [5.74, 6) is -0.356. The lowest BCUT2D eigenvalue weighted by molar-refractivity contribution is -0.136. The molecule has 6 rings (SSSR count). The quantitative estimate of drug-likeness (QED) is 0.338. The second kappa shape index (κ2) is 9.34. The van der Waals surface area contributed by atoms with Crippen LogP contribution in [0.25, 0.3) is 33.1 Å². The smallest absolute Gasteiger partial charge is 0.258 e. The summed E-state index contributed by atoms with van der Waals surface area (Å²) in [5, 5.41) is 7.33. The third-order valence-electron chi connectivity index (χ3n) is 7.03. The van der Waals surface area contributed by atoms with Gasteiger partial charge in [0.05, 0.1) is 28.4 Å². The van der Waals surface area contributed by atoms with Gasteiger partial charge in [0.2, 0.25) is 5.91 Å². The number of carbonyl (C=O) groups excluding carboxylic acids is 1. The van der Waals surface area contributed by atoms with Gasteiger partial charge in [-0.15, -0.1) is 0 Å². The summed E-state index contributed by atoms with van der Waals surface area (Å²) in [6.45, 7) is 5.76. The number of pyridine rings is 1. The summed E-state index contributed by atoms with van der Waals surface area (Å²) < 4.78 is 0. The van der Waals surface area contributed by atoms with E-state index in [1.807, 2.05) is 81.4 Å². The predicted molar refractivity (Wildman–Crippen MR) is 150 cm³/mol. The summed E-state index contributed by atoms with van der Waals surface area (Å²) in [7, 11) is 0. The lowest BCUT2D eigenvalue weighted by Crippen LogP contribution is -2.30. The average Bonchev–Trinajstić information content (AvgIpc) is 3.37. The van der Waals surface area contributed by atoms with E-state index in [0.717, 1.165) is 44.2 Å². The number of H-pyrrole nitrogens is 1. The molecule has 3 aromatic carbocycles. The van der Waals surface area contributed by atoms with Crippen molar-refractivity contribution in [2.75, 3.05) is 0 Å². The van der Waals surface area contributed by atoms with E-state index < -0.39 is 0 Å². The maximum Gasteiger partial charge on any atom is 0.258 e. The van der Waals surface area contributed by atoms with E-state index in [-0.39, 0.29) is 23.4 Å². The average molecular weight is 502 g/mol. The van der Waals surface area contributed by atoms with Gasteiger partial charge in [-0.3, -0.25) is 19.6 Å². The molecule has 0 aliphatic carbocycles. The van der Waals surface area contributed by atoms with E-state index in [9.17, 15) is 9.59 Å². The van der Waals surface area contributed by atoms with Crippen molar-refractivity contribution in [3.8, 4) is 11.1 Å². The molecule has 38 heavy (non-hydrogen) atoms. The number of aromatic amines is 1. The second-order valence-corrected chi connectivity index (χ2v) is 10.0. The first-order valence-corrected chi connectivity index (χ1v) is 12.7. The number of nitrogens with one attached hydrogen (secondary N) is 1. The lowest BCUT2D eigenvalue weighted by atomic mass is 9.90. The van der Waals surface area contributed by atoms with Gasteiger partial charge < -0.3 is 4.98 Å². The standard InChI is InChI=1S/C31H27N5O2/c1-18(2)31(38)36-27(21-10-12-24-25(16-21)33-14-13-32-24)17-26(35-36)29-28(20-7-5-4-6-8-20)22-15-19(3)9-11-23(22)34-30(29)37/h4-16,18,27H,17H2,1-3H3,(H,34,37)/t27-/m1/s1. The number of aromatic nitrogens is 3. The fourth-order valence-electron chi connectivity index (χ4n) is 5.16. The van der Waals surface area contributed by atoms with E-state index in [2.05, 4.69) is 21.0 Å². The van der Waals surface area contributed by atoms with E-state index in [0.29, 0.717) is 17.7 Å². The number of nitrogens with zero attached hydrogens (tertiary/aromatic N) is 4. The number of amides is 1. The highest BCUT2D eigenvalue weighted by Gasteiger charge is 2.36. The molecular formula is C31H27N5O2. The fraction of sp³-hybridized carbons (Fsp3) is 0.194. The summed E-state index contributed by atoms with van der Waals surface area (Å²) in [5.41, 5.74) is 6.91. The van der Waals surface area contributed by atoms with Crippen LogP contribution in [0.2, 0.25) is 0 Å². The second-order valence-electron chi connectivity index (χ2n) is 10.0. The van der Waals surface area contributed by atoms with E-state index in [1.54, 1.807) is 17.4 Å². The normalized spacial score (nSPS) is 15.4. The van der Waals surface area contributed by atoms with Gasteiger partial charge in [-0.25, -0.2) is 5.01 Å². The van der Waals surface area contributed by atoms with Crippen molar-refractivity contribution in [1.29, 1.82) is 0 Å². The molecule has 1 amide bonds. The Morgan fingerprint density at radius 2 is 1.71 bits per heavy atom. The summed E-state index contributed by atoms with van der Waals surface area (Å²) >= 11 is 0. The molecule has 0 bridgehead atoms. The number of hydrogen-bond acceptors (Lipinski definition) is 5. The molecule has 1 N–H and O–H groups in total. The Bertz CT molecular complexity index is 1790. The number of benzene rings is 3. The number of fused-ring (bicyclic) bond motifs is 2. The number of hydrazone groups is 1. The van der Waals surface area contributed by atoms with Crippen molar-refractivity contribution in [3.05, 3.63) is 106 Å². The van der Waals surface area contributed by atoms with Crippen molar-refractivity contribution < 1.29 is 4.79 Å². The summed E-state index contributed by atoms with van der Waals surface area (Å²) in [6, 6.07) is 21.4. The first kappa shape index (κ1) is 23.7. The third kappa shape index (κ3) is 4.06. The van der Waals surface area contributed by atoms with E-state index in [4.69, 9.17) is 5.10 Å². The molecular weight excluding hydrogens is 474 g/mol. The van der Waals surface area contributed by atoms with Gasteiger partial charge >= 0.3 is 0 Å². The van der Waals surface area contributed by atoms with Crippen molar-refractivity contribution >= 4 is 33.6 Å². The number of hydrogen-bond donors (Lipinski definition) is 1. The SMILES string of the molecule is Cc1ccc2[nH]c(=O)c(C3=NN(C(=O)C(C)C)[C@@H](c4ccc5nccnc5c4)C3)c(-c3ccccc3)c2c1. The van der Waals surface area contributed by atoms with Crippen LogP contribution in [0.1, 0.15) is 43.0 Å². The zero-order chi connectivity index (χ0) is 26.4. The van der Waals surface area contributed by atoms with Crippen LogP contribution in [0.15, 0.2) is 89.0 Å². The lowest BCUT2D eigenvalue weighted by Gasteiger charge is -2.23.